The zero-order chi connectivity index (χ0) is 39.4. The Bertz CT molecular complexity index is 1200. The highest BCUT2D eigenvalue weighted by atomic mass is 16.8. The molecule has 0 spiro atoms. The normalized spacial score (nSPS) is 47.5. The lowest BCUT2D eigenvalue weighted by atomic mass is 9.97. The molecule has 0 saturated carbocycles. The molecule has 0 aromatic heterocycles. The minimum Gasteiger partial charge on any atom is -0.460 e. The second-order valence-electron chi connectivity index (χ2n) is 14.7. The van der Waals surface area contributed by atoms with Crippen molar-refractivity contribution in [3.8, 4) is 0 Å². The number of cyclic esters (lactones) is 1. The van der Waals surface area contributed by atoms with Crippen molar-refractivity contribution in [2.75, 3.05) is 28.4 Å². The molecule has 5 saturated heterocycles. The SMILES string of the molecule is CO[C@H]1[C@@H](O)[C@@H](C)O[C@@H](O[C@H]2[C@@H](OC)C[C@H](O[C@H]3[C@H](O)C[C@H](O[C@H]4[C@@H](OC)C[C@H](O[C@@H]5[C@@H](C)OC(=O)C[C@H]5OC)O[C@@H]4C)O[C@@H]3C)O[C@@H]2C)[C@@H]1OC(C)=O. The van der Waals surface area contributed by atoms with Gasteiger partial charge in [-0.25, -0.2) is 0 Å². The molecule has 5 heterocycles. The van der Waals surface area contributed by atoms with Crippen LogP contribution >= 0.6 is 0 Å². The number of hydrogen-bond acceptors (Lipinski definition) is 18. The van der Waals surface area contributed by atoms with E-state index in [1.54, 1.807) is 34.8 Å². The first-order valence-electron chi connectivity index (χ1n) is 18.7. The molecule has 0 aromatic carbocycles. The van der Waals surface area contributed by atoms with Crippen LogP contribution in [0.2, 0.25) is 0 Å². The second-order valence-corrected chi connectivity index (χ2v) is 14.7. The third-order valence-electron chi connectivity index (χ3n) is 10.9. The van der Waals surface area contributed by atoms with Crippen LogP contribution in [-0.4, -0.2) is 173 Å². The largest absolute Gasteiger partial charge is 0.460 e. The van der Waals surface area contributed by atoms with Crippen LogP contribution in [0, 0.1) is 0 Å². The molecule has 5 rings (SSSR count). The summed E-state index contributed by atoms with van der Waals surface area (Å²) in [5, 5.41) is 21.9. The molecule has 20 atom stereocenters. The number of carbonyl (C=O) groups is 2. The summed E-state index contributed by atoms with van der Waals surface area (Å²) < 4.78 is 83.3. The summed E-state index contributed by atoms with van der Waals surface area (Å²) in [4.78, 5) is 23.8. The molecule has 5 aliphatic rings. The van der Waals surface area contributed by atoms with E-state index in [1.807, 2.05) is 6.92 Å². The van der Waals surface area contributed by atoms with E-state index in [4.69, 9.17) is 66.3 Å². The Balaban J connectivity index is 1.15. The molecule has 312 valence electrons. The number of aliphatic hydroxyl groups excluding tert-OH is 2. The molecule has 5 fully saturated rings. The molecule has 0 amide bonds. The molecular weight excluding hydrogens is 720 g/mol. The van der Waals surface area contributed by atoms with Gasteiger partial charge in [0, 0.05) is 54.6 Å². The van der Waals surface area contributed by atoms with Gasteiger partial charge in [-0.05, 0) is 34.6 Å². The molecule has 0 aliphatic carbocycles. The van der Waals surface area contributed by atoms with Crippen LogP contribution < -0.4 is 0 Å². The van der Waals surface area contributed by atoms with E-state index in [-0.39, 0.29) is 25.2 Å². The number of carbonyl (C=O) groups excluding carboxylic acids is 2. The number of methoxy groups -OCH3 is 4. The Kier molecular flexibility index (Phi) is 15.5. The lowest BCUT2D eigenvalue weighted by Crippen LogP contribution is -2.62. The molecule has 54 heavy (non-hydrogen) atoms. The van der Waals surface area contributed by atoms with Gasteiger partial charge in [-0.3, -0.25) is 9.59 Å². The average Bonchev–Trinajstić information content (AvgIpc) is 3.11. The van der Waals surface area contributed by atoms with Crippen molar-refractivity contribution in [3.63, 3.8) is 0 Å². The smallest absolute Gasteiger partial charge is 0.308 e. The summed E-state index contributed by atoms with van der Waals surface area (Å²) in [5.41, 5.74) is 0. The van der Waals surface area contributed by atoms with E-state index in [2.05, 4.69) is 0 Å². The maximum Gasteiger partial charge on any atom is 0.308 e. The van der Waals surface area contributed by atoms with Gasteiger partial charge in [-0.1, -0.05) is 0 Å². The van der Waals surface area contributed by atoms with Gasteiger partial charge in [0.1, 0.15) is 42.7 Å². The molecule has 0 radical (unpaired) electrons. The first-order valence-corrected chi connectivity index (χ1v) is 18.7. The van der Waals surface area contributed by atoms with Crippen molar-refractivity contribution in [1.82, 2.24) is 0 Å². The van der Waals surface area contributed by atoms with Crippen molar-refractivity contribution in [1.29, 1.82) is 0 Å². The van der Waals surface area contributed by atoms with Crippen molar-refractivity contribution in [2.45, 2.75) is 190 Å². The summed E-state index contributed by atoms with van der Waals surface area (Å²) in [6.45, 7) is 10.1. The van der Waals surface area contributed by atoms with Gasteiger partial charge in [0.25, 0.3) is 0 Å². The second kappa shape index (κ2) is 19.2. The lowest BCUT2D eigenvalue weighted by Gasteiger charge is -2.47. The van der Waals surface area contributed by atoms with Crippen LogP contribution in [0.4, 0.5) is 0 Å². The van der Waals surface area contributed by atoms with Crippen LogP contribution in [0.25, 0.3) is 0 Å². The van der Waals surface area contributed by atoms with E-state index in [1.165, 1.54) is 28.3 Å². The predicted octanol–water partition coefficient (Wildman–Crippen LogP) is 0.726. The molecule has 2 N–H and O–H groups in total. The van der Waals surface area contributed by atoms with Gasteiger partial charge in [0.05, 0.1) is 55.3 Å². The Labute approximate surface area is 316 Å². The molecule has 5 aliphatic heterocycles. The Morgan fingerprint density at radius 2 is 1.06 bits per heavy atom. The molecular formula is C36H60O18. The van der Waals surface area contributed by atoms with Gasteiger partial charge in [-0.15, -0.1) is 0 Å². The molecule has 0 aromatic rings. The van der Waals surface area contributed by atoms with Gasteiger partial charge in [0.2, 0.25) is 0 Å². The maximum atomic E-state index is 11.9. The Hall–Kier alpha value is -1.62. The van der Waals surface area contributed by atoms with Crippen molar-refractivity contribution >= 4 is 11.9 Å². The van der Waals surface area contributed by atoms with E-state index >= 15 is 0 Å². The molecule has 0 unspecified atom stereocenters. The van der Waals surface area contributed by atoms with Crippen LogP contribution in [0.1, 0.15) is 67.2 Å². The molecule has 18 nitrogen and oxygen atoms in total. The number of esters is 2. The number of hydrogen-bond donors (Lipinski definition) is 2. The van der Waals surface area contributed by atoms with Crippen LogP contribution in [0.15, 0.2) is 0 Å². The number of aliphatic hydroxyl groups is 2. The third-order valence-corrected chi connectivity index (χ3v) is 10.9. The van der Waals surface area contributed by atoms with E-state index < -0.39 is 129 Å². The van der Waals surface area contributed by atoms with Crippen molar-refractivity contribution < 1.29 is 86.1 Å². The fourth-order valence-electron chi connectivity index (χ4n) is 8.02. The summed E-state index contributed by atoms with van der Waals surface area (Å²) in [6, 6.07) is 0. The fourth-order valence-corrected chi connectivity index (χ4v) is 8.02. The van der Waals surface area contributed by atoms with Crippen LogP contribution in [0.5, 0.6) is 0 Å². The topological polar surface area (TPSA) is 204 Å². The summed E-state index contributed by atoms with van der Waals surface area (Å²) in [6.07, 6.45) is -13.3. The standard InChI is InChI=1S/C36H60O18/c1-15-29(40)34(44-10)35(50-20(6)37)36(49-15)54-33-19(5)48-27(14-24(33)43-9)51-30-16(2)46-26(11-21(30)38)52-32-18(4)47-28(13-23(32)42-8)53-31-17(3)45-25(39)12-22(31)41-7/h15-19,21-24,26-36,38,40H,11-14H2,1-10H3/t15-,16-,17-,18-,19-,21-,22-,23+,24+,26+,27+,28+,29+,30-,31-,32-,33-,34+,35-,36+/m1/s1. The van der Waals surface area contributed by atoms with Crippen LogP contribution in [-0.2, 0) is 75.9 Å². The quantitative estimate of drug-likeness (QED) is 0.247. The van der Waals surface area contributed by atoms with Gasteiger partial charge in [0.15, 0.2) is 31.3 Å². The zero-order valence-electron chi connectivity index (χ0n) is 32.8. The minimum absolute atomic E-state index is 0.0853. The lowest BCUT2D eigenvalue weighted by molar-refractivity contribution is -0.356. The van der Waals surface area contributed by atoms with Gasteiger partial charge in [-0.2, -0.15) is 0 Å². The predicted molar refractivity (Wildman–Crippen MR) is 182 cm³/mol. The Morgan fingerprint density at radius 1 is 0.574 bits per heavy atom. The van der Waals surface area contributed by atoms with Gasteiger partial charge < -0.3 is 76.5 Å². The van der Waals surface area contributed by atoms with E-state index in [0.717, 1.165) is 0 Å². The first kappa shape index (κ1) is 43.5. The molecule has 18 heteroatoms. The average molecular weight is 781 g/mol. The van der Waals surface area contributed by atoms with Crippen molar-refractivity contribution in [2.24, 2.45) is 0 Å². The summed E-state index contributed by atoms with van der Waals surface area (Å²) >= 11 is 0. The number of rotatable bonds is 13. The third kappa shape index (κ3) is 10.1. The maximum absolute atomic E-state index is 11.9. The zero-order valence-corrected chi connectivity index (χ0v) is 32.8. The van der Waals surface area contributed by atoms with E-state index in [0.29, 0.717) is 6.42 Å². The minimum atomic E-state index is -1.08. The highest BCUT2D eigenvalue weighted by Crippen LogP contribution is 2.36. The monoisotopic (exact) mass is 780 g/mol. The highest BCUT2D eigenvalue weighted by Gasteiger charge is 2.51. The highest BCUT2D eigenvalue weighted by molar-refractivity contribution is 5.71. The van der Waals surface area contributed by atoms with Crippen LogP contribution in [0.3, 0.4) is 0 Å². The molecule has 0 bridgehead atoms. The Morgan fingerprint density at radius 3 is 1.56 bits per heavy atom. The number of ether oxygens (including phenoxy) is 14. The summed E-state index contributed by atoms with van der Waals surface area (Å²) in [7, 11) is 6.06. The summed E-state index contributed by atoms with van der Waals surface area (Å²) in [5.74, 6) is -0.924. The van der Waals surface area contributed by atoms with E-state index in [9.17, 15) is 19.8 Å². The fraction of sp³-hybridized carbons (Fsp3) is 0.944. The van der Waals surface area contributed by atoms with Gasteiger partial charge >= 0.3 is 11.9 Å². The first-order chi connectivity index (χ1) is 25.7. The van der Waals surface area contributed by atoms with Crippen molar-refractivity contribution in [3.05, 3.63) is 0 Å².